The molecule has 1 saturated heterocycles. The van der Waals surface area contributed by atoms with E-state index >= 15 is 0 Å². The molecule has 1 aliphatic rings. The summed E-state index contributed by atoms with van der Waals surface area (Å²) in [7, 11) is 0. The van der Waals surface area contributed by atoms with Gasteiger partial charge in [0.15, 0.2) is 5.65 Å². The van der Waals surface area contributed by atoms with Gasteiger partial charge >= 0.3 is 0 Å². The number of aromatic nitrogens is 5. The third kappa shape index (κ3) is 3.73. The Morgan fingerprint density at radius 3 is 2.71 bits per heavy atom. The van der Waals surface area contributed by atoms with Crippen LogP contribution in [0.4, 0.5) is 14.5 Å². The zero-order chi connectivity index (χ0) is 23.1. The number of hydrogen-bond acceptors (Lipinski definition) is 6. The summed E-state index contributed by atoms with van der Waals surface area (Å²) in [6, 6.07) is 8.27. The molecule has 2 aromatic carbocycles. The highest BCUT2D eigenvalue weighted by atomic mass is 19.1. The lowest BCUT2D eigenvalue weighted by atomic mass is 10.0. The summed E-state index contributed by atoms with van der Waals surface area (Å²) in [5, 5.41) is 0.703. The van der Waals surface area contributed by atoms with E-state index in [0.717, 1.165) is 24.8 Å². The predicted molar refractivity (Wildman–Crippen MR) is 124 cm³/mol. The molecule has 1 aliphatic heterocycles. The number of halogens is 2. The SMILES string of the molecule is Fc1cc(F)c(-c2ncnc3cc(N4CCOCC4)ccc23)cc1Cc1cn2ccnc2cn1. The number of fused-ring (bicyclic) bond motifs is 2. The third-order valence-electron chi connectivity index (χ3n) is 6.09. The molecule has 0 aliphatic carbocycles. The first-order valence-corrected chi connectivity index (χ1v) is 11.0. The molecule has 0 spiro atoms. The van der Waals surface area contributed by atoms with Gasteiger partial charge in [0.05, 0.1) is 36.3 Å². The van der Waals surface area contributed by atoms with Gasteiger partial charge in [-0.2, -0.15) is 0 Å². The molecule has 9 heteroatoms. The lowest BCUT2D eigenvalue weighted by Crippen LogP contribution is -2.36. The average molecular weight is 458 g/mol. The van der Waals surface area contributed by atoms with Crippen molar-refractivity contribution in [2.24, 2.45) is 0 Å². The molecule has 5 aromatic rings. The fraction of sp³-hybridized carbons (Fsp3) is 0.200. The maximum absolute atomic E-state index is 15.0. The number of hydrogen-bond donors (Lipinski definition) is 0. The van der Waals surface area contributed by atoms with Crippen molar-refractivity contribution in [3.63, 3.8) is 0 Å². The summed E-state index contributed by atoms with van der Waals surface area (Å²) < 4.78 is 36.9. The van der Waals surface area contributed by atoms with Gasteiger partial charge in [-0.05, 0) is 29.8 Å². The number of imidazole rings is 1. The fourth-order valence-electron chi connectivity index (χ4n) is 4.34. The normalized spacial score (nSPS) is 14.2. The summed E-state index contributed by atoms with van der Waals surface area (Å²) in [6.45, 7) is 2.97. The molecule has 0 atom stereocenters. The quantitative estimate of drug-likeness (QED) is 0.405. The van der Waals surface area contributed by atoms with Gasteiger partial charge in [0, 0.05) is 60.8 Å². The summed E-state index contributed by atoms with van der Waals surface area (Å²) in [6.07, 6.45) is 8.50. The summed E-state index contributed by atoms with van der Waals surface area (Å²) >= 11 is 0. The van der Waals surface area contributed by atoms with Gasteiger partial charge in [-0.15, -0.1) is 0 Å². The van der Waals surface area contributed by atoms with Gasteiger partial charge in [-0.25, -0.2) is 23.7 Å². The van der Waals surface area contributed by atoms with Crippen molar-refractivity contribution in [1.82, 2.24) is 24.3 Å². The predicted octanol–water partition coefficient (Wildman–Crippen LogP) is 4.05. The van der Waals surface area contributed by atoms with E-state index in [1.807, 2.05) is 22.6 Å². The van der Waals surface area contributed by atoms with Crippen LogP contribution in [0.3, 0.4) is 0 Å². The van der Waals surface area contributed by atoms with Crippen molar-refractivity contribution in [3.8, 4) is 11.3 Å². The second kappa shape index (κ2) is 8.42. The summed E-state index contributed by atoms with van der Waals surface area (Å²) in [4.78, 5) is 19.5. The second-order valence-electron chi connectivity index (χ2n) is 8.19. The van der Waals surface area contributed by atoms with Gasteiger partial charge < -0.3 is 14.0 Å². The number of morpholine rings is 1. The van der Waals surface area contributed by atoms with E-state index in [0.29, 0.717) is 46.7 Å². The van der Waals surface area contributed by atoms with Crippen molar-refractivity contribution < 1.29 is 13.5 Å². The Morgan fingerprint density at radius 2 is 1.82 bits per heavy atom. The number of anilines is 1. The number of benzene rings is 2. The van der Waals surface area contributed by atoms with E-state index in [2.05, 4.69) is 24.8 Å². The Labute approximate surface area is 193 Å². The lowest BCUT2D eigenvalue weighted by Gasteiger charge is -2.29. The molecule has 0 radical (unpaired) electrons. The Kier molecular flexibility index (Phi) is 5.10. The van der Waals surface area contributed by atoms with Crippen LogP contribution in [-0.2, 0) is 11.2 Å². The van der Waals surface area contributed by atoms with Gasteiger partial charge in [0.2, 0.25) is 0 Å². The third-order valence-corrected chi connectivity index (χ3v) is 6.09. The first-order valence-electron chi connectivity index (χ1n) is 11.0. The van der Waals surface area contributed by atoms with Crippen LogP contribution in [0.2, 0.25) is 0 Å². The monoisotopic (exact) mass is 458 g/mol. The highest BCUT2D eigenvalue weighted by Crippen LogP contribution is 2.32. The molecular weight excluding hydrogens is 438 g/mol. The van der Waals surface area contributed by atoms with Crippen LogP contribution < -0.4 is 4.90 Å². The van der Waals surface area contributed by atoms with E-state index in [-0.39, 0.29) is 12.0 Å². The minimum atomic E-state index is -0.670. The van der Waals surface area contributed by atoms with Crippen LogP contribution in [-0.4, -0.2) is 50.6 Å². The Balaban J connectivity index is 1.39. The number of rotatable bonds is 4. The van der Waals surface area contributed by atoms with Gasteiger partial charge in [-0.3, -0.25) is 4.98 Å². The molecule has 0 bridgehead atoms. The Bertz CT molecular complexity index is 1510. The minimum absolute atomic E-state index is 0.206. The van der Waals surface area contributed by atoms with Crippen molar-refractivity contribution in [2.75, 3.05) is 31.2 Å². The van der Waals surface area contributed by atoms with Crippen LogP contribution in [0.1, 0.15) is 11.3 Å². The Hall–Kier alpha value is -3.98. The zero-order valence-corrected chi connectivity index (χ0v) is 18.2. The highest BCUT2D eigenvalue weighted by molar-refractivity contribution is 5.94. The standard InChI is InChI=1S/C25H20F2N6O/c26-21-12-22(27)20(10-16(21)9-17-14-33-4-3-28-24(33)13-29-17)25-19-2-1-18(11-23(19)30-15-31-25)32-5-7-34-8-6-32/h1-4,10-15H,5-9H2. The summed E-state index contributed by atoms with van der Waals surface area (Å²) in [5.74, 6) is -1.29. The topological polar surface area (TPSA) is 68.4 Å². The molecule has 7 nitrogen and oxygen atoms in total. The number of ether oxygens (including phenoxy) is 1. The average Bonchev–Trinajstić information content (AvgIpc) is 3.34. The molecule has 0 unspecified atom stereocenters. The molecule has 0 amide bonds. The maximum Gasteiger partial charge on any atom is 0.155 e. The maximum atomic E-state index is 15.0. The molecular formula is C25H20F2N6O. The lowest BCUT2D eigenvalue weighted by molar-refractivity contribution is 0.122. The molecule has 170 valence electrons. The van der Waals surface area contributed by atoms with Gasteiger partial charge in [0.25, 0.3) is 0 Å². The number of nitrogens with zero attached hydrogens (tertiary/aromatic N) is 6. The van der Waals surface area contributed by atoms with E-state index < -0.39 is 11.6 Å². The smallest absolute Gasteiger partial charge is 0.155 e. The van der Waals surface area contributed by atoms with Crippen molar-refractivity contribution >= 4 is 22.2 Å². The first-order chi connectivity index (χ1) is 16.7. The van der Waals surface area contributed by atoms with Crippen molar-refractivity contribution in [2.45, 2.75) is 6.42 Å². The largest absolute Gasteiger partial charge is 0.378 e. The highest BCUT2D eigenvalue weighted by Gasteiger charge is 2.18. The van der Waals surface area contributed by atoms with E-state index in [1.165, 1.54) is 12.4 Å². The van der Waals surface area contributed by atoms with Crippen LogP contribution in [0.15, 0.2) is 61.4 Å². The van der Waals surface area contributed by atoms with Crippen LogP contribution in [0, 0.1) is 11.6 Å². The molecule has 1 fully saturated rings. The Morgan fingerprint density at radius 1 is 0.941 bits per heavy atom. The fourth-order valence-corrected chi connectivity index (χ4v) is 4.34. The van der Waals surface area contributed by atoms with Gasteiger partial charge in [-0.1, -0.05) is 0 Å². The molecule has 34 heavy (non-hydrogen) atoms. The summed E-state index contributed by atoms with van der Waals surface area (Å²) in [5.41, 5.74) is 4.06. The van der Waals surface area contributed by atoms with Gasteiger partial charge in [0.1, 0.15) is 18.0 Å². The molecule has 0 saturated carbocycles. The van der Waals surface area contributed by atoms with E-state index in [9.17, 15) is 8.78 Å². The van der Waals surface area contributed by atoms with E-state index in [4.69, 9.17) is 4.74 Å². The molecule has 6 rings (SSSR count). The van der Waals surface area contributed by atoms with Crippen molar-refractivity contribution in [1.29, 1.82) is 0 Å². The second-order valence-corrected chi connectivity index (χ2v) is 8.19. The zero-order valence-electron chi connectivity index (χ0n) is 18.2. The van der Waals surface area contributed by atoms with Crippen LogP contribution in [0.25, 0.3) is 27.8 Å². The van der Waals surface area contributed by atoms with Crippen molar-refractivity contribution in [3.05, 3.63) is 84.3 Å². The molecule has 4 heterocycles. The first kappa shape index (κ1) is 20.6. The van der Waals surface area contributed by atoms with Crippen LogP contribution in [0.5, 0.6) is 0 Å². The van der Waals surface area contributed by atoms with Crippen LogP contribution >= 0.6 is 0 Å². The molecule has 0 N–H and O–H groups in total. The van der Waals surface area contributed by atoms with E-state index in [1.54, 1.807) is 24.8 Å². The molecule has 3 aromatic heterocycles. The minimum Gasteiger partial charge on any atom is -0.378 e.